The first kappa shape index (κ1) is 17.0. The number of thioether (sulfide) groups is 1. The van der Waals surface area contributed by atoms with E-state index in [1.165, 1.54) is 12.1 Å². The van der Waals surface area contributed by atoms with Crippen molar-refractivity contribution in [2.24, 2.45) is 0 Å². The monoisotopic (exact) mass is 334 g/mol. The molecule has 2 rings (SSSR count). The first-order valence-corrected chi connectivity index (χ1v) is 7.94. The summed E-state index contributed by atoms with van der Waals surface area (Å²) in [6, 6.07) is 10.8. The van der Waals surface area contributed by atoms with Gasteiger partial charge in [-0.3, -0.25) is 14.9 Å². The quantitative estimate of drug-likeness (QED) is 0.492. The molecule has 0 atom stereocenters. The van der Waals surface area contributed by atoms with Crippen LogP contribution in [0.25, 0.3) is 0 Å². The van der Waals surface area contributed by atoms with Crippen molar-refractivity contribution in [3.63, 3.8) is 0 Å². The summed E-state index contributed by atoms with van der Waals surface area (Å²) < 4.78 is 13.5. The van der Waals surface area contributed by atoms with E-state index >= 15 is 0 Å². The van der Waals surface area contributed by atoms with Gasteiger partial charge in [-0.2, -0.15) is 0 Å². The molecule has 23 heavy (non-hydrogen) atoms. The lowest BCUT2D eigenvalue weighted by Crippen LogP contribution is -2.14. The number of nitrogens with one attached hydrogen (secondary N) is 1. The van der Waals surface area contributed by atoms with Gasteiger partial charge < -0.3 is 5.32 Å². The molecule has 0 spiro atoms. The summed E-state index contributed by atoms with van der Waals surface area (Å²) in [7, 11) is 0. The van der Waals surface area contributed by atoms with Crippen molar-refractivity contribution in [3.8, 4) is 0 Å². The third-order valence-corrected chi connectivity index (χ3v) is 4.19. The summed E-state index contributed by atoms with van der Waals surface area (Å²) in [5.74, 6) is -0.713. The number of halogens is 1. The zero-order valence-corrected chi connectivity index (χ0v) is 13.2. The largest absolute Gasteiger partial charge is 0.325 e. The molecule has 0 aliphatic heterocycles. The number of carbonyl (C=O) groups is 1. The molecular formula is C16H15FN2O3S. The van der Waals surface area contributed by atoms with Gasteiger partial charge in [-0.15, -0.1) is 11.8 Å². The minimum atomic E-state index is -0.470. The van der Waals surface area contributed by atoms with Crippen LogP contribution in [-0.2, 0) is 11.2 Å². The molecule has 1 N–H and O–H groups in total. The summed E-state index contributed by atoms with van der Waals surface area (Å²) in [6.45, 7) is 1.83. The van der Waals surface area contributed by atoms with Crippen molar-refractivity contribution in [1.29, 1.82) is 0 Å². The van der Waals surface area contributed by atoms with Crippen LogP contribution in [0.2, 0.25) is 0 Å². The second-order valence-corrected chi connectivity index (χ2v) is 5.74. The molecule has 5 nitrogen and oxygen atoms in total. The molecule has 2 aromatic rings. The van der Waals surface area contributed by atoms with Crippen molar-refractivity contribution in [2.75, 3.05) is 11.1 Å². The highest BCUT2D eigenvalue weighted by Crippen LogP contribution is 2.25. The molecule has 0 saturated heterocycles. The minimum Gasteiger partial charge on any atom is -0.325 e. The number of nitro benzene ring substituents is 1. The van der Waals surface area contributed by atoms with Gasteiger partial charge in [-0.25, -0.2) is 4.39 Å². The van der Waals surface area contributed by atoms with Crippen LogP contribution in [0, 0.1) is 15.9 Å². The van der Waals surface area contributed by atoms with E-state index in [-0.39, 0.29) is 23.2 Å². The molecule has 0 fully saturated rings. The van der Waals surface area contributed by atoms with Crippen molar-refractivity contribution in [2.45, 2.75) is 18.2 Å². The van der Waals surface area contributed by atoms with Crippen LogP contribution < -0.4 is 5.32 Å². The van der Waals surface area contributed by atoms with Gasteiger partial charge in [-0.1, -0.05) is 25.1 Å². The number of carbonyl (C=O) groups excluding carboxylic acids is 1. The first-order valence-electron chi connectivity index (χ1n) is 6.95. The summed E-state index contributed by atoms with van der Waals surface area (Å²) >= 11 is 1.07. The molecule has 0 aromatic heterocycles. The van der Waals surface area contributed by atoms with Crippen molar-refractivity contribution >= 4 is 29.0 Å². The Morgan fingerprint density at radius 3 is 2.70 bits per heavy atom. The van der Waals surface area contributed by atoms with E-state index in [9.17, 15) is 19.3 Å². The van der Waals surface area contributed by atoms with Crippen molar-refractivity contribution in [1.82, 2.24) is 0 Å². The second-order valence-electron chi connectivity index (χ2n) is 4.72. The van der Waals surface area contributed by atoms with Gasteiger partial charge in [-0.05, 0) is 24.6 Å². The fourth-order valence-electron chi connectivity index (χ4n) is 2.01. The Labute approximate surface area is 137 Å². The van der Waals surface area contributed by atoms with E-state index in [0.29, 0.717) is 22.6 Å². The lowest BCUT2D eigenvalue weighted by molar-refractivity contribution is -0.385. The lowest BCUT2D eigenvalue weighted by atomic mass is 10.1. The highest BCUT2D eigenvalue weighted by Gasteiger charge is 2.14. The number of hydrogen-bond donors (Lipinski definition) is 1. The number of amides is 1. The Morgan fingerprint density at radius 1 is 1.30 bits per heavy atom. The van der Waals surface area contributed by atoms with E-state index in [1.54, 1.807) is 30.3 Å². The van der Waals surface area contributed by atoms with Gasteiger partial charge in [0.25, 0.3) is 5.69 Å². The predicted molar refractivity (Wildman–Crippen MR) is 88.2 cm³/mol. The molecule has 0 aliphatic carbocycles. The van der Waals surface area contributed by atoms with Crippen LogP contribution in [0.5, 0.6) is 0 Å². The van der Waals surface area contributed by atoms with Gasteiger partial charge in [0.05, 0.1) is 10.7 Å². The zero-order chi connectivity index (χ0) is 16.8. The molecule has 0 saturated carbocycles. The van der Waals surface area contributed by atoms with E-state index < -0.39 is 4.92 Å². The van der Waals surface area contributed by atoms with Gasteiger partial charge in [0.2, 0.25) is 5.91 Å². The Balaban J connectivity index is 2.02. The lowest BCUT2D eigenvalue weighted by Gasteiger charge is -2.07. The minimum absolute atomic E-state index is 0.0181. The number of benzene rings is 2. The van der Waals surface area contributed by atoms with Crippen molar-refractivity contribution in [3.05, 3.63) is 64.0 Å². The summed E-state index contributed by atoms with van der Waals surface area (Å²) in [5.41, 5.74) is 0.939. The normalized spacial score (nSPS) is 10.3. The van der Waals surface area contributed by atoms with Crippen LogP contribution in [-0.4, -0.2) is 16.6 Å². The molecule has 2 aromatic carbocycles. The summed E-state index contributed by atoms with van der Waals surface area (Å²) in [4.78, 5) is 22.8. The van der Waals surface area contributed by atoms with Crippen LogP contribution in [0.15, 0.2) is 47.4 Å². The Bertz CT molecular complexity index is 737. The molecule has 120 valence electrons. The Kier molecular flexibility index (Phi) is 5.70. The number of rotatable bonds is 6. The SMILES string of the molecule is CCc1ccc(NC(=O)CSc2ccccc2F)cc1[N+](=O)[O-]. The summed E-state index contributed by atoms with van der Waals surface area (Å²) in [5, 5.41) is 13.6. The highest BCUT2D eigenvalue weighted by atomic mass is 32.2. The number of nitro groups is 1. The zero-order valence-electron chi connectivity index (χ0n) is 12.4. The van der Waals surface area contributed by atoms with E-state index in [1.807, 2.05) is 6.92 Å². The van der Waals surface area contributed by atoms with Crippen LogP contribution in [0.1, 0.15) is 12.5 Å². The maximum atomic E-state index is 13.5. The van der Waals surface area contributed by atoms with E-state index in [2.05, 4.69) is 5.32 Å². The maximum absolute atomic E-state index is 13.5. The first-order chi connectivity index (χ1) is 11.0. The molecule has 0 unspecified atom stereocenters. The molecular weight excluding hydrogens is 319 g/mol. The van der Waals surface area contributed by atoms with Gasteiger partial charge in [0, 0.05) is 22.2 Å². The maximum Gasteiger partial charge on any atom is 0.274 e. The molecule has 0 aliphatic rings. The Hall–Kier alpha value is -2.41. The predicted octanol–water partition coefficient (Wildman–Crippen LogP) is 4.03. The summed E-state index contributed by atoms with van der Waals surface area (Å²) in [6.07, 6.45) is 0.535. The molecule has 0 heterocycles. The molecule has 7 heteroatoms. The smallest absolute Gasteiger partial charge is 0.274 e. The number of aryl methyl sites for hydroxylation is 1. The van der Waals surface area contributed by atoms with Gasteiger partial charge in [0.15, 0.2) is 0 Å². The molecule has 0 radical (unpaired) electrons. The van der Waals surface area contributed by atoms with E-state index in [4.69, 9.17) is 0 Å². The van der Waals surface area contributed by atoms with Gasteiger partial charge in [0.1, 0.15) is 5.82 Å². The van der Waals surface area contributed by atoms with Gasteiger partial charge >= 0.3 is 0 Å². The van der Waals surface area contributed by atoms with Crippen LogP contribution >= 0.6 is 11.8 Å². The number of hydrogen-bond acceptors (Lipinski definition) is 4. The van der Waals surface area contributed by atoms with E-state index in [0.717, 1.165) is 11.8 Å². The third kappa shape index (κ3) is 4.53. The number of anilines is 1. The average Bonchev–Trinajstić information content (AvgIpc) is 2.54. The standard InChI is InChI=1S/C16H15FN2O3S/c1-2-11-7-8-12(9-14(11)19(21)22)18-16(20)10-23-15-6-4-3-5-13(15)17/h3-9H,2,10H2,1H3,(H,18,20). The fourth-order valence-corrected chi connectivity index (χ4v) is 2.75. The molecule has 1 amide bonds. The topological polar surface area (TPSA) is 72.2 Å². The third-order valence-electron chi connectivity index (χ3n) is 3.14. The fraction of sp³-hybridized carbons (Fsp3) is 0.188. The average molecular weight is 334 g/mol. The molecule has 0 bridgehead atoms. The number of nitrogens with zero attached hydrogens (tertiary/aromatic N) is 1. The Morgan fingerprint density at radius 2 is 2.04 bits per heavy atom. The van der Waals surface area contributed by atoms with Crippen LogP contribution in [0.4, 0.5) is 15.8 Å². The van der Waals surface area contributed by atoms with Crippen LogP contribution in [0.3, 0.4) is 0 Å². The van der Waals surface area contributed by atoms with Crippen molar-refractivity contribution < 1.29 is 14.1 Å². The second kappa shape index (κ2) is 7.73. The highest BCUT2D eigenvalue weighted by molar-refractivity contribution is 8.00.